The molecule has 0 saturated heterocycles. The number of alkyl halides is 3. The van der Waals surface area contributed by atoms with Crippen molar-refractivity contribution in [3.8, 4) is 16.9 Å². The Morgan fingerprint density at radius 2 is 1.97 bits per heavy atom. The lowest BCUT2D eigenvalue weighted by atomic mass is 10.1. The van der Waals surface area contributed by atoms with Gasteiger partial charge in [-0.25, -0.2) is 14.6 Å². The van der Waals surface area contributed by atoms with Crippen LogP contribution in [0.25, 0.3) is 16.9 Å². The summed E-state index contributed by atoms with van der Waals surface area (Å²) in [5.41, 5.74) is 2.59. The maximum absolute atomic E-state index is 12.8. The summed E-state index contributed by atoms with van der Waals surface area (Å²) in [6.45, 7) is 0. The predicted octanol–water partition coefficient (Wildman–Crippen LogP) is 5.92. The zero-order chi connectivity index (χ0) is 22.2. The minimum absolute atomic E-state index is 0.0551. The lowest BCUT2D eigenvalue weighted by Crippen LogP contribution is -2.14. The van der Waals surface area contributed by atoms with Gasteiger partial charge in [-0.1, -0.05) is 29.8 Å². The van der Waals surface area contributed by atoms with Crippen LogP contribution < -0.4 is 5.32 Å². The van der Waals surface area contributed by atoms with E-state index in [4.69, 9.17) is 11.6 Å². The van der Waals surface area contributed by atoms with E-state index in [9.17, 15) is 18.0 Å². The number of nitrogens with zero attached hydrogens (tertiary/aromatic N) is 4. The highest BCUT2D eigenvalue weighted by Gasteiger charge is 2.33. The van der Waals surface area contributed by atoms with Crippen LogP contribution in [-0.4, -0.2) is 25.7 Å². The Hall–Kier alpha value is -2.51. The minimum Gasteiger partial charge on any atom is -0.320 e. The predicted molar refractivity (Wildman–Crippen MR) is 120 cm³/mol. The summed E-state index contributed by atoms with van der Waals surface area (Å²) in [6.07, 6.45) is -1.97. The molecular formula is C19H10ClF3IN5OS. The number of aromatic nitrogens is 4. The van der Waals surface area contributed by atoms with Gasteiger partial charge in [0.2, 0.25) is 0 Å². The van der Waals surface area contributed by atoms with Crippen LogP contribution in [0.3, 0.4) is 0 Å². The second kappa shape index (κ2) is 8.55. The number of nitrogens with one attached hydrogen (secondary N) is 1. The highest BCUT2D eigenvalue weighted by atomic mass is 127. The first-order valence-corrected chi connectivity index (χ1v) is 10.9. The van der Waals surface area contributed by atoms with Gasteiger partial charge in [-0.05, 0) is 40.8 Å². The molecule has 0 aliphatic rings. The summed E-state index contributed by atoms with van der Waals surface area (Å²) in [5.74, 6) is -0.301. The smallest absolute Gasteiger partial charge is 0.320 e. The van der Waals surface area contributed by atoms with Crippen LogP contribution in [0.2, 0.25) is 5.02 Å². The third-order valence-electron chi connectivity index (χ3n) is 4.14. The first-order valence-electron chi connectivity index (χ1n) is 8.52. The summed E-state index contributed by atoms with van der Waals surface area (Å²) < 4.78 is 40.2. The van der Waals surface area contributed by atoms with Crippen molar-refractivity contribution in [3.63, 3.8) is 0 Å². The molecule has 0 radical (unpaired) electrons. The summed E-state index contributed by atoms with van der Waals surface area (Å²) in [5, 5.41) is 6.42. The third kappa shape index (κ3) is 4.57. The van der Waals surface area contributed by atoms with Gasteiger partial charge in [-0.15, -0.1) is 11.3 Å². The number of hydrogen-bond donors (Lipinski definition) is 1. The highest BCUT2D eigenvalue weighted by Crippen LogP contribution is 2.32. The number of hydrogen-bond acceptors (Lipinski definition) is 5. The minimum atomic E-state index is -4.57. The molecule has 12 heteroatoms. The maximum atomic E-state index is 12.8. The van der Waals surface area contributed by atoms with E-state index in [1.807, 2.05) is 22.6 Å². The molecule has 0 aliphatic heterocycles. The lowest BCUT2D eigenvalue weighted by molar-refractivity contribution is -0.141. The van der Waals surface area contributed by atoms with Crippen molar-refractivity contribution in [1.82, 2.24) is 19.7 Å². The molecule has 0 atom stereocenters. The van der Waals surface area contributed by atoms with Gasteiger partial charge in [0.1, 0.15) is 0 Å². The van der Waals surface area contributed by atoms with Crippen LogP contribution in [0.5, 0.6) is 0 Å². The van der Waals surface area contributed by atoms with Gasteiger partial charge in [0.05, 0.1) is 13.4 Å². The Balaban J connectivity index is 1.65. The number of para-hydroxylation sites is 1. The maximum Gasteiger partial charge on any atom is 0.435 e. The molecule has 0 saturated carbocycles. The molecule has 6 nitrogen and oxygen atoms in total. The van der Waals surface area contributed by atoms with Crippen molar-refractivity contribution in [2.75, 3.05) is 5.32 Å². The van der Waals surface area contributed by atoms with E-state index in [2.05, 4.69) is 20.4 Å². The zero-order valence-electron chi connectivity index (χ0n) is 15.2. The highest BCUT2D eigenvalue weighted by molar-refractivity contribution is 14.1. The van der Waals surface area contributed by atoms with Crippen LogP contribution in [0.15, 0.2) is 54.3 Å². The average molecular weight is 576 g/mol. The molecule has 0 fully saturated rings. The van der Waals surface area contributed by atoms with Gasteiger partial charge in [0.15, 0.2) is 17.2 Å². The SMILES string of the molecule is O=C(Nc1ccccc1-c1cnc(-n2ccc(C(F)(F)F)n2)c(Cl)c1)c1ncsc1I. The van der Waals surface area contributed by atoms with Crippen molar-refractivity contribution in [1.29, 1.82) is 0 Å². The Morgan fingerprint density at radius 3 is 2.61 bits per heavy atom. The number of benzene rings is 1. The quantitative estimate of drug-likeness (QED) is 0.307. The third-order valence-corrected chi connectivity index (χ3v) is 6.31. The van der Waals surface area contributed by atoms with E-state index in [-0.39, 0.29) is 16.7 Å². The molecule has 0 aliphatic carbocycles. The van der Waals surface area contributed by atoms with Crippen LogP contribution in [0, 0.1) is 2.88 Å². The van der Waals surface area contributed by atoms with Crippen LogP contribution in [-0.2, 0) is 6.18 Å². The van der Waals surface area contributed by atoms with Crippen molar-refractivity contribution >= 4 is 57.1 Å². The van der Waals surface area contributed by atoms with E-state index in [0.717, 1.165) is 19.8 Å². The summed E-state index contributed by atoms with van der Waals surface area (Å²) in [4.78, 5) is 20.8. The molecule has 1 N–H and O–H groups in total. The molecule has 4 aromatic rings. The lowest BCUT2D eigenvalue weighted by Gasteiger charge is -2.12. The number of thiazole rings is 1. The first-order chi connectivity index (χ1) is 14.7. The molecule has 1 aromatic carbocycles. The van der Waals surface area contributed by atoms with E-state index in [1.165, 1.54) is 17.5 Å². The van der Waals surface area contributed by atoms with Gasteiger partial charge < -0.3 is 5.32 Å². The Bertz CT molecular complexity index is 1270. The van der Waals surface area contributed by atoms with E-state index >= 15 is 0 Å². The molecule has 158 valence electrons. The molecule has 3 heterocycles. The molecule has 3 aromatic heterocycles. The van der Waals surface area contributed by atoms with E-state index in [0.29, 0.717) is 22.5 Å². The first kappa shape index (κ1) is 21.7. The van der Waals surface area contributed by atoms with Crippen LogP contribution in [0.4, 0.5) is 18.9 Å². The van der Waals surface area contributed by atoms with Gasteiger partial charge >= 0.3 is 6.18 Å². The number of rotatable bonds is 4. The monoisotopic (exact) mass is 575 g/mol. The molecule has 0 bridgehead atoms. The molecule has 31 heavy (non-hydrogen) atoms. The number of halogens is 5. The number of pyridine rings is 1. The van der Waals surface area contributed by atoms with E-state index in [1.54, 1.807) is 35.8 Å². The fourth-order valence-electron chi connectivity index (χ4n) is 2.74. The standard InChI is InChI=1S/C19H10ClF3IN5OS/c20-12-7-10(8-25-17(12)29-6-5-14(28-29)19(21,22)23)11-3-1-2-4-13(11)27-18(30)15-16(24)31-9-26-15/h1-9H,(H,27,30). The topological polar surface area (TPSA) is 72.7 Å². The van der Waals surface area contributed by atoms with Gasteiger partial charge in [-0.3, -0.25) is 4.79 Å². The van der Waals surface area contributed by atoms with Crippen molar-refractivity contribution < 1.29 is 18.0 Å². The fourth-order valence-corrected chi connectivity index (χ4v) is 4.23. The zero-order valence-corrected chi connectivity index (χ0v) is 18.9. The summed E-state index contributed by atoms with van der Waals surface area (Å²) >= 11 is 9.70. The van der Waals surface area contributed by atoms with Gasteiger partial charge in [-0.2, -0.15) is 18.3 Å². The molecule has 4 rings (SSSR count). The Labute approximate surface area is 196 Å². The normalized spacial score (nSPS) is 11.5. The number of carbonyl (C=O) groups excluding carboxylic acids is 1. The second-order valence-electron chi connectivity index (χ2n) is 6.15. The second-order valence-corrected chi connectivity index (χ2v) is 9.22. The van der Waals surface area contributed by atoms with Crippen LogP contribution >= 0.6 is 45.5 Å². The van der Waals surface area contributed by atoms with E-state index < -0.39 is 11.9 Å². The number of anilines is 1. The molecule has 1 amide bonds. The van der Waals surface area contributed by atoms with Crippen molar-refractivity contribution in [2.24, 2.45) is 0 Å². The number of carbonyl (C=O) groups is 1. The summed E-state index contributed by atoms with van der Waals surface area (Å²) in [7, 11) is 0. The van der Waals surface area contributed by atoms with Crippen molar-refractivity contribution in [3.05, 3.63) is 73.6 Å². The van der Waals surface area contributed by atoms with Crippen LogP contribution in [0.1, 0.15) is 16.2 Å². The molecule has 0 spiro atoms. The molecule has 0 unspecified atom stereocenters. The van der Waals surface area contributed by atoms with Gasteiger partial charge in [0.25, 0.3) is 5.91 Å². The fraction of sp³-hybridized carbons (Fsp3) is 0.0526. The molecular weight excluding hydrogens is 566 g/mol. The Morgan fingerprint density at radius 1 is 1.19 bits per heavy atom. The number of amides is 1. The largest absolute Gasteiger partial charge is 0.435 e. The summed E-state index contributed by atoms with van der Waals surface area (Å²) in [6, 6.07) is 9.42. The average Bonchev–Trinajstić information content (AvgIpc) is 3.37. The Kier molecular flexibility index (Phi) is 5.99. The van der Waals surface area contributed by atoms with Gasteiger partial charge in [0, 0.05) is 29.2 Å². The van der Waals surface area contributed by atoms with Crippen molar-refractivity contribution in [2.45, 2.75) is 6.18 Å².